The van der Waals surface area contributed by atoms with Crippen LogP contribution in [0.15, 0.2) is 41.3 Å². The zero-order valence-electron chi connectivity index (χ0n) is 11.3. The summed E-state index contributed by atoms with van der Waals surface area (Å²) < 4.78 is 0. The molecule has 0 radical (unpaired) electrons. The largest absolute Gasteiger partial charge is 0.398 e. The summed E-state index contributed by atoms with van der Waals surface area (Å²) in [5.74, 6) is 0.186. The average Bonchev–Trinajstić information content (AvgIpc) is 2.45. The second-order valence-corrected chi connectivity index (χ2v) is 6.30. The molecule has 0 unspecified atom stereocenters. The predicted molar refractivity (Wildman–Crippen MR) is 91.4 cm³/mol. The molecule has 3 nitrogen and oxygen atoms in total. The molecule has 0 saturated carbocycles. The number of carbonyl (C=O) groups is 1. The van der Waals surface area contributed by atoms with Gasteiger partial charge in [0, 0.05) is 16.3 Å². The molecule has 0 spiro atoms. The van der Waals surface area contributed by atoms with Crippen molar-refractivity contribution in [3.05, 3.63) is 52.0 Å². The fourth-order valence-corrected chi connectivity index (χ4v) is 2.79. The summed E-state index contributed by atoms with van der Waals surface area (Å²) in [7, 11) is 0. The Morgan fingerprint density at radius 3 is 2.71 bits per heavy atom. The number of thioether (sulfide) groups is 1. The van der Waals surface area contributed by atoms with E-state index >= 15 is 0 Å². The minimum atomic E-state index is -0.0974. The molecule has 2 rings (SSSR count). The molecule has 1 amide bonds. The summed E-state index contributed by atoms with van der Waals surface area (Å²) in [4.78, 5) is 12.9. The quantitative estimate of drug-likeness (QED) is 0.630. The van der Waals surface area contributed by atoms with E-state index in [9.17, 15) is 4.79 Å². The number of hydrogen-bond donors (Lipinski definition) is 2. The smallest absolute Gasteiger partial charge is 0.234 e. The summed E-state index contributed by atoms with van der Waals surface area (Å²) in [6.07, 6.45) is 0. The first-order valence-corrected chi connectivity index (χ1v) is 7.94. The highest BCUT2D eigenvalue weighted by Gasteiger charge is 2.08. The van der Waals surface area contributed by atoms with Crippen molar-refractivity contribution >= 4 is 52.2 Å². The molecule has 0 atom stereocenters. The number of nitrogen functional groups attached to an aromatic ring is 1. The lowest BCUT2D eigenvalue weighted by atomic mass is 10.1. The van der Waals surface area contributed by atoms with E-state index in [1.54, 1.807) is 18.2 Å². The minimum Gasteiger partial charge on any atom is -0.398 e. The maximum Gasteiger partial charge on any atom is 0.234 e. The fourth-order valence-electron chi connectivity index (χ4n) is 1.69. The number of benzene rings is 2. The van der Waals surface area contributed by atoms with Gasteiger partial charge in [-0.05, 0) is 42.8 Å². The van der Waals surface area contributed by atoms with Crippen LogP contribution in [0.1, 0.15) is 5.56 Å². The SMILES string of the molecule is Cc1c(N)cccc1NC(=O)CSc1ccc(Cl)c(Cl)c1. The highest BCUT2D eigenvalue weighted by molar-refractivity contribution is 8.00. The Kier molecular flexibility index (Phi) is 5.39. The molecule has 0 aromatic heterocycles. The third-order valence-electron chi connectivity index (χ3n) is 2.91. The van der Waals surface area contributed by atoms with E-state index < -0.39 is 0 Å². The first kappa shape index (κ1) is 16.0. The molecule has 0 heterocycles. The van der Waals surface area contributed by atoms with Crippen LogP contribution in [0, 0.1) is 6.92 Å². The first-order chi connectivity index (χ1) is 9.97. The van der Waals surface area contributed by atoms with Crippen LogP contribution < -0.4 is 11.1 Å². The molecule has 0 fully saturated rings. The van der Waals surface area contributed by atoms with Gasteiger partial charge in [0.05, 0.1) is 15.8 Å². The summed E-state index contributed by atoms with van der Waals surface area (Å²) in [6, 6.07) is 10.7. The Balaban J connectivity index is 1.96. The van der Waals surface area contributed by atoms with Crippen molar-refractivity contribution < 1.29 is 4.79 Å². The Morgan fingerprint density at radius 2 is 2.00 bits per heavy atom. The van der Waals surface area contributed by atoms with Crippen molar-refractivity contribution in [3.8, 4) is 0 Å². The fraction of sp³-hybridized carbons (Fsp3) is 0.133. The van der Waals surface area contributed by atoms with E-state index in [1.807, 2.05) is 25.1 Å². The van der Waals surface area contributed by atoms with Crippen molar-refractivity contribution in [1.29, 1.82) is 0 Å². The Hall–Kier alpha value is -1.36. The zero-order chi connectivity index (χ0) is 15.4. The molecule has 0 aliphatic rings. The Morgan fingerprint density at radius 1 is 1.24 bits per heavy atom. The van der Waals surface area contributed by atoms with Gasteiger partial charge in [-0.1, -0.05) is 29.3 Å². The number of nitrogens with two attached hydrogens (primary N) is 1. The topological polar surface area (TPSA) is 55.1 Å². The number of rotatable bonds is 4. The summed E-state index contributed by atoms with van der Waals surface area (Å²) in [5.41, 5.74) is 8.06. The van der Waals surface area contributed by atoms with E-state index in [4.69, 9.17) is 28.9 Å². The van der Waals surface area contributed by atoms with E-state index in [-0.39, 0.29) is 11.7 Å². The summed E-state index contributed by atoms with van der Waals surface area (Å²) >= 11 is 13.2. The van der Waals surface area contributed by atoms with Crippen LogP contribution in [-0.4, -0.2) is 11.7 Å². The van der Waals surface area contributed by atoms with Gasteiger partial charge < -0.3 is 11.1 Å². The number of carbonyl (C=O) groups excluding carboxylic acids is 1. The van der Waals surface area contributed by atoms with Crippen LogP contribution >= 0.6 is 35.0 Å². The van der Waals surface area contributed by atoms with Crippen LogP contribution in [0.3, 0.4) is 0 Å². The standard InChI is InChI=1S/C15H14Cl2N2OS/c1-9-13(18)3-2-4-14(9)19-15(20)8-21-10-5-6-11(16)12(17)7-10/h2-7H,8,18H2,1H3,(H,19,20). The van der Waals surface area contributed by atoms with Crippen molar-refractivity contribution in [1.82, 2.24) is 0 Å². The number of amides is 1. The van der Waals surface area contributed by atoms with Crippen LogP contribution in [0.25, 0.3) is 0 Å². The molecular weight excluding hydrogens is 327 g/mol. The molecule has 2 aromatic rings. The maximum absolute atomic E-state index is 12.0. The van der Waals surface area contributed by atoms with Gasteiger partial charge >= 0.3 is 0 Å². The number of nitrogens with one attached hydrogen (secondary N) is 1. The van der Waals surface area contributed by atoms with Gasteiger partial charge in [0.25, 0.3) is 0 Å². The normalized spacial score (nSPS) is 10.4. The summed E-state index contributed by atoms with van der Waals surface area (Å²) in [6.45, 7) is 1.87. The van der Waals surface area contributed by atoms with Gasteiger partial charge in [-0.2, -0.15) is 0 Å². The van der Waals surface area contributed by atoms with Crippen LogP contribution in [0.5, 0.6) is 0 Å². The van der Waals surface area contributed by atoms with Crippen LogP contribution in [0.4, 0.5) is 11.4 Å². The third-order valence-corrected chi connectivity index (χ3v) is 4.64. The Bertz CT molecular complexity index is 677. The molecule has 6 heteroatoms. The second-order valence-electron chi connectivity index (χ2n) is 4.43. The minimum absolute atomic E-state index is 0.0974. The van der Waals surface area contributed by atoms with E-state index in [2.05, 4.69) is 5.32 Å². The molecule has 0 aliphatic carbocycles. The Labute approximate surface area is 137 Å². The van der Waals surface area contributed by atoms with Gasteiger partial charge in [0.2, 0.25) is 5.91 Å². The van der Waals surface area contributed by atoms with Crippen molar-refractivity contribution in [2.75, 3.05) is 16.8 Å². The van der Waals surface area contributed by atoms with Gasteiger partial charge in [0.15, 0.2) is 0 Å². The van der Waals surface area contributed by atoms with Crippen molar-refractivity contribution in [3.63, 3.8) is 0 Å². The highest BCUT2D eigenvalue weighted by Crippen LogP contribution is 2.28. The highest BCUT2D eigenvalue weighted by atomic mass is 35.5. The van der Waals surface area contributed by atoms with E-state index in [1.165, 1.54) is 11.8 Å². The van der Waals surface area contributed by atoms with Crippen molar-refractivity contribution in [2.45, 2.75) is 11.8 Å². The lowest BCUT2D eigenvalue weighted by molar-refractivity contribution is -0.113. The van der Waals surface area contributed by atoms with E-state index in [0.717, 1.165) is 16.1 Å². The lowest BCUT2D eigenvalue weighted by Gasteiger charge is -2.10. The van der Waals surface area contributed by atoms with Gasteiger partial charge in [0.1, 0.15) is 0 Å². The van der Waals surface area contributed by atoms with Gasteiger partial charge in [-0.25, -0.2) is 0 Å². The number of hydrogen-bond acceptors (Lipinski definition) is 3. The molecule has 0 aliphatic heterocycles. The monoisotopic (exact) mass is 340 g/mol. The number of anilines is 2. The average molecular weight is 341 g/mol. The van der Waals surface area contributed by atoms with Crippen molar-refractivity contribution in [2.24, 2.45) is 0 Å². The van der Waals surface area contributed by atoms with Gasteiger partial charge in [-0.3, -0.25) is 4.79 Å². The maximum atomic E-state index is 12.0. The zero-order valence-corrected chi connectivity index (χ0v) is 13.6. The van der Waals surface area contributed by atoms with E-state index in [0.29, 0.717) is 15.7 Å². The summed E-state index contributed by atoms with van der Waals surface area (Å²) in [5, 5.41) is 3.83. The first-order valence-electron chi connectivity index (χ1n) is 6.20. The van der Waals surface area contributed by atoms with Crippen LogP contribution in [-0.2, 0) is 4.79 Å². The molecule has 0 saturated heterocycles. The molecular formula is C15H14Cl2N2OS. The predicted octanol–water partition coefficient (Wildman–Crippen LogP) is 4.61. The number of halogens is 2. The molecule has 110 valence electrons. The van der Waals surface area contributed by atoms with Crippen LogP contribution in [0.2, 0.25) is 10.0 Å². The molecule has 0 bridgehead atoms. The lowest BCUT2D eigenvalue weighted by Crippen LogP contribution is -2.15. The molecule has 2 aromatic carbocycles. The molecule has 21 heavy (non-hydrogen) atoms. The third kappa shape index (κ3) is 4.30. The molecule has 3 N–H and O–H groups in total. The second kappa shape index (κ2) is 7.07. The van der Waals surface area contributed by atoms with Gasteiger partial charge in [-0.15, -0.1) is 11.8 Å².